The van der Waals surface area contributed by atoms with Crippen LogP contribution in [0.25, 0.3) is 11.0 Å². The maximum absolute atomic E-state index is 12.7. The standard InChI is InChI=1S/C29H47N9O4S/c1-10-40-18-17-38-24-23(21(35-38)19-41-43(8,9)29(5,6)7)33-26(34-25(24)32-22-11-12-30-20-31-22)36-13-15-37(16-14-36)27(39)42-28(2,3)4/h11-12,20H,10,13-19H2,1-9H3,(H,30,31,32,33,34). The van der Waals surface area contributed by atoms with Gasteiger partial charge in [-0.25, -0.2) is 19.7 Å². The molecular formula is C29H47N9O4S. The van der Waals surface area contributed by atoms with Gasteiger partial charge in [-0.2, -0.15) is 10.1 Å². The maximum Gasteiger partial charge on any atom is 0.410 e. The lowest BCUT2D eigenvalue weighted by Gasteiger charge is -2.43. The fourth-order valence-electron chi connectivity index (χ4n) is 4.20. The van der Waals surface area contributed by atoms with Crippen molar-refractivity contribution in [3.8, 4) is 0 Å². The van der Waals surface area contributed by atoms with E-state index < -0.39 is 15.9 Å². The van der Waals surface area contributed by atoms with Crippen molar-refractivity contribution in [2.45, 2.75) is 72.0 Å². The van der Waals surface area contributed by atoms with Crippen LogP contribution in [-0.4, -0.2) is 103 Å². The minimum absolute atomic E-state index is 0.00593. The monoisotopic (exact) mass is 617 g/mol. The first-order valence-electron chi connectivity index (χ1n) is 14.7. The normalized spacial score (nSPS) is 15.2. The average molecular weight is 618 g/mol. The lowest BCUT2D eigenvalue weighted by atomic mass is 10.2. The molecule has 0 unspecified atom stereocenters. The quantitative estimate of drug-likeness (QED) is 0.316. The molecule has 14 heteroatoms. The van der Waals surface area contributed by atoms with Gasteiger partial charge in [-0.05, 0) is 46.3 Å². The van der Waals surface area contributed by atoms with E-state index in [-0.39, 0.29) is 10.8 Å². The highest BCUT2D eigenvalue weighted by molar-refractivity contribution is 8.29. The number of piperazine rings is 1. The molecule has 13 nitrogen and oxygen atoms in total. The third-order valence-corrected chi connectivity index (χ3v) is 11.0. The third-order valence-electron chi connectivity index (χ3n) is 7.30. The van der Waals surface area contributed by atoms with Crippen molar-refractivity contribution in [1.29, 1.82) is 0 Å². The third kappa shape index (κ3) is 8.24. The lowest BCUT2D eigenvalue weighted by Crippen LogP contribution is -2.50. The van der Waals surface area contributed by atoms with E-state index in [0.717, 1.165) is 11.2 Å². The van der Waals surface area contributed by atoms with Crippen molar-refractivity contribution >= 4 is 45.0 Å². The molecule has 3 aromatic heterocycles. The van der Waals surface area contributed by atoms with Gasteiger partial charge in [-0.3, -0.25) is 4.68 Å². The van der Waals surface area contributed by atoms with Crippen molar-refractivity contribution < 1.29 is 18.5 Å². The van der Waals surface area contributed by atoms with E-state index in [2.05, 4.69) is 53.5 Å². The van der Waals surface area contributed by atoms with E-state index >= 15 is 0 Å². The number of hydrogen-bond donors (Lipinski definition) is 1. The summed E-state index contributed by atoms with van der Waals surface area (Å²) in [6, 6.07) is 1.79. The molecule has 0 aliphatic carbocycles. The zero-order chi connectivity index (χ0) is 31.4. The molecule has 0 saturated carbocycles. The number of rotatable bonds is 10. The number of aromatic nitrogens is 6. The molecule has 0 spiro atoms. The van der Waals surface area contributed by atoms with Crippen molar-refractivity contribution in [3.05, 3.63) is 24.3 Å². The number of anilines is 3. The Kier molecular flexibility index (Phi) is 10.0. The number of ether oxygens (including phenoxy) is 2. The first-order chi connectivity index (χ1) is 20.2. The largest absolute Gasteiger partial charge is 0.444 e. The molecule has 4 heterocycles. The second kappa shape index (κ2) is 13.2. The second-order valence-electron chi connectivity index (χ2n) is 12.7. The molecule has 0 radical (unpaired) electrons. The Bertz CT molecular complexity index is 1380. The van der Waals surface area contributed by atoms with Crippen LogP contribution < -0.4 is 10.2 Å². The van der Waals surface area contributed by atoms with E-state index in [4.69, 9.17) is 28.7 Å². The highest BCUT2D eigenvalue weighted by atomic mass is 32.3. The summed E-state index contributed by atoms with van der Waals surface area (Å²) < 4.78 is 19.7. The molecule has 1 aliphatic rings. The van der Waals surface area contributed by atoms with Crippen LogP contribution in [0.2, 0.25) is 0 Å². The number of nitrogens with one attached hydrogen (secondary N) is 1. The fraction of sp³-hybridized carbons (Fsp3) is 0.655. The Balaban J connectivity index is 1.72. The number of fused-ring (bicyclic) bond motifs is 1. The average Bonchev–Trinajstić information content (AvgIpc) is 3.29. The summed E-state index contributed by atoms with van der Waals surface area (Å²) in [4.78, 5) is 34.9. The minimum atomic E-state index is -1.40. The molecule has 0 atom stereocenters. The van der Waals surface area contributed by atoms with Gasteiger partial charge >= 0.3 is 6.09 Å². The van der Waals surface area contributed by atoms with E-state index in [0.29, 0.717) is 75.6 Å². The first kappa shape index (κ1) is 32.7. The molecule has 0 aromatic carbocycles. The van der Waals surface area contributed by atoms with Crippen LogP contribution in [0.3, 0.4) is 0 Å². The summed E-state index contributed by atoms with van der Waals surface area (Å²) in [7, 11) is -1.40. The van der Waals surface area contributed by atoms with E-state index in [1.165, 1.54) is 6.33 Å². The summed E-state index contributed by atoms with van der Waals surface area (Å²) in [5.41, 5.74) is 1.64. The highest BCUT2D eigenvalue weighted by Gasteiger charge is 2.31. The minimum Gasteiger partial charge on any atom is -0.444 e. The molecule has 4 rings (SSSR count). The SMILES string of the molecule is CCOCCn1nc(COS(C)(C)C(C)(C)C)c2nc(N3CCN(C(=O)OC(C)(C)C)CC3)nc(Nc3ccncn3)c21. The highest BCUT2D eigenvalue weighted by Crippen LogP contribution is 2.54. The lowest BCUT2D eigenvalue weighted by molar-refractivity contribution is 0.0240. The molecule has 1 fully saturated rings. The predicted octanol–water partition coefficient (Wildman–Crippen LogP) is 4.75. The molecule has 238 valence electrons. The maximum atomic E-state index is 12.7. The zero-order valence-corrected chi connectivity index (χ0v) is 27.8. The van der Waals surface area contributed by atoms with Gasteiger partial charge in [-0.1, -0.05) is 20.8 Å². The number of amides is 1. The summed E-state index contributed by atoms with van der Waals surface area (Å²) in [6.45, 7) is 18.2. The molecular weight excluding hydrogens is 570 g/mol. The van der Waals surface area contributed by atoms with Gasteiger partial charge in [0.1, 0.15) is 41.1 Å². The van der Waals surface area contributed by atoms with Gasteiger partial charge in [0.2, 0.25) is 5.95 Å². The second-order valence-corrected chi connectivity index (χ2v) is 16.6. The molecule has 1 saturated heterocycles. The van der Waals surface area contributed by atoms with Crippen molar-refractivity contribution in [2.24, 2.45) is 0 Å². The predicted molar refractivity (Wildman–Crippen MR) is 171 cm³/mol. The van der Waals surface area contributed by atoms with Crippen LogP contribution in [0.15, 0.2) is 18.6 Å². The summed E-state index contributed by atoms with van der Waals surface area (Å²) >= 11 is 0. The fourth-order valence-corrected chi connectivity index (χ4v) is 4.96. The summed E-state index contributed by atoms with van der Waals surface area (Å²) in [5.74, 6) is 1.72. The molecule has 43 heavy (non-hydrogen) atoms. The Morgan fingerprint density at radius 1 is 1.07 bits per heavy atom. The number of hydrogen-bond acceptors (Lipinski definition) is 11. The van der Waals surface area contributed by atoms with Crippen LogP contribution in [-0.2, 0) is 26.8 Å². The van der Waals surface area contributed by atoms with Gasteiger partial charge in [0.25, 0.3) is 0 Å². The van der Waals surface area contributed by atoms with E-state index in [1.807, 2.05) is 32.4 Å². The van der Waals surface area contributed by atoms with Crippen molar-refractivity contribution in [3.63, 3.8) is 0 Å². The molecule has 3 aromatic rings. The van der Waals surface area contributed by atoms with Gasteiger partial charge in [0.15, 0.2) is 5.82 Å². The Hall–Kier alpha value is -3.23. The van der Waals surface area contributed by atoms with Gasteiger partial charge < -0.3 is 28.8 Å². The van der Waals surface area contributed by atoms with Gasteiger partial charge in [0.05, 0.1) is 13.2 Å². The van der Waals surface area contributed by atoms with Crippen LogP contribution in [0.1, 0.15) is 54.2 Å². The van der Waals surface area contributed by atoms with E-state index in [1.54, 1.807) is 17.2 Å². The number of carbonyl (C=O) groups excluding carboxylic acids is 1. The van der Waals surface area contributed by atoms with E-state index in [9.17, 15) is 4.79 Å². The first-order valence-corrected chi connectivity index (χ1v) is 17.0. The molecule has 1 N–H and O–H groups in total. The Morgan fingerprint density at radius 3 is 2.40 bits per heavy atom. The molecule has 0 bridgehead atoms. The zero-order valence-electron chi connectivity index (χ0n) is 27.0. The smallest absolute Gasteiger partial charge is 0.410 e. The Labute approximate surface area is 256 Å². The van der Waals surface area contributed by atoms with Crippen molar-refractivity contribution in [2.75, 3.05) is 62.1 Å². The van der Waals surface area contributed by atoms with Crippen LogP contribution >= 0.6 is 10.3 Å². The van der Waals surface area contributed by atoms with Gasteiger partial charge in [-0.15, -0.1) is 10.3 Å². The summed E-state index contributed by atoms with van der Waals surface area (Å²) in [5, 5.41) is 8.34. The Morgan fingerprint density at radius 2 is 1.79 bits per heavy atom. The number of nitrogens with zero attached hydrogens (tertiary/aromatic N) is 8. The molecule has 1 aliphatic heterocycles. The van der Waals surface area contributed by atoms with Gasteiger partial charge in [0, 0.05) is 43.7 Å². The van der Waals surface area contributed by atoms with Crippen LogP contribution in [0, 0.1) is 0 Å². The number of carbonyl (C=O) groups is 1. The molecule has 1 amide bonds. The summed E-state index contributed by atoms with van der Waals surface area (Å²) in [6.07, 6.45) is 7.20. The van der Waals surface area contributed by atoms with Crippen LogP contribution in [0.5, 0.6) is 0 Å². The van der Waals surface area contributed by atoms with Crippen LogP contribution in [0.4, 0.5) is 22.4 Å². The van der Waals surface area contributed by atoms with Crippen molar-refractivity contribution in [1.82, 2.24) is 34.6 Å². The topological polar surface area (TPSA) is 133 Å².